The molecule has 0 spiro atoms. The number of dihydropyridines is 1. The van der Waals surface area contributed by atoms with Crippen molar-refractivity contribution in [1.82, 2.24) is 15.5 Å². The molecule has 2 unspecified atom stereocenters. The van der Waals surface area contributed by atoms with E-state index in [0.717, 1.165) is 25.9 Å². The SMILES string of the molecule is CC1C=NC(C(C(=O)NC2=C(OC3CCN(C)CC3)C(F)=CNC2)C(N)N)=NC1. The molecule has 1 amide bonds. The van der Waals surface area contributed by atoms with Gasteiger partial charge < -0.3 is 31.7 Å². The number of amidine groups is 1. The monoisotopic (exact) mass is 407 g/mol. The van der Waals surface area contributed by atoms with Crippen molar-refractivity contribution >= 4 is 18.0 Å². The van der Waals surface area contributed by atoms with Gasteiger partial charge in [-0.3, -0.25) is 9.79 Å². The Balaban J connectivity index is 1.76. The lowest BCUT2D eigenvalue weighted by atomic mass is 10.0. The minimum absolute atomic E-state index is 0.0544. The minimum Gasteiger partial charge on any atom is -0.485 e. The van der Waals surface area contributed by atoms with Crippen LogP contribution in [0.15, 0.2) is 33.5 Å². The summed E-state index contributed by atoms with van der Waals surface area (Å²) in [4.78, 5) is 23.7. The molecular formula is C19H30FN7O2. The number of likely N-dealkylation sites (tertiary alicyclic amines) is 1. The van der Waals surface area contributed by atoms with Gasteiger partial charge in [0.15, 0.2) is 11.6 Å². The van der Waals surface area contributed by atoms with Crippen LogP contribution in [0, 0.1) is 11.8 Å². The lowest BCUT2D eigenvalue weighted by Crippen LogP contribution is -2.51. The predicted molar refractivity (Wildman–Crippen MR) is 110 cm³/mol. The number of carbonyl (C=O) groups excluding carboxylic acids is 1. The van der Waals surface area contributed by atoms with E-state index in [-0.39, 0.29) is 30.2 Å². The van der Waals surface area contributed by atoms with Crippen LogP contribution in [-0.4, -0.2) is 68.4 Å². The van der Waals surface area contributed by atoms with E-state index in [0.29, 0.717) is 12.2 Å². The summed E-state index contributed by atoms with van der Waals surface area (Å²) in [6.07, 6.45) is 3.46. The number of ether oxygens (including phenoxy) is 1. The summed E-state index contributed by atoms with van der Waals surface area (Å²) in [6.45, 7) is 4.47. The second-order valence-electron chi connectivity index (χ2n) is 7.80. The Bertz CT molecular complexity index is 739. The van der Waals surface area contributed by atoms with E-state index in [1.807, 2.05) is 14.0 Å². The van der Waals surface area contributed by atoms with Gasteiger partial charge in [-0.1, -0.05) is 6.92 Å². The van der Waals surface area contributed by atoms with E-state index >= 15 is 0 Å². The molecule has 0 aliphatic carbocycles. The fraction of sp³-hybridized carbons (Fsp3) is 0.632. The zero-order chi connectivity index (χ0) is 21.0. The molecular weight excluding hydrogens is 377 g/mol. The molecule has 3 aliphatic heterocycles. The number of nitrogens with two attached hydrogens (primary N) is 2. The third-order valence-electron chi connectivity index (χ3n) is 5.17. The fourth-order valence-corrected chi connectivity index (χ4v) is 3.43. The number of halogens is 1. The van der Waals surface area contributed by atoms with E-state index < -0.39 is 23.8 Å². The lowest BCUT2D eigenvalue weighted by molar-refractivity contribution is -0.122. The number of rotatable bonds is 6. The van der Waals surface area contributed by atoms with Gasteiger partial charge in [0.1, 0.15) is 17.9 Å². The number of aliphatic imine (C=N–C) groups is 2. The molecule has 1 fully saturated rings. The number of hydrogen-bond donors (Lipinski definition) is 4. The van der Waals surface area contributed by atoms with Crippen molar-refractivity contribution in [3.8, 4) is 0 Å². The highest BCUT2D eigenvalue weighted by Gasteiger charge is 2.32. The van der Waals surface area contributed by atoms with Crippen LogP contribution in [0.5, 0.6) is 0 Å². The van der Waals surface area contributed by atoms with Gasteiger partial charge in [0, 0.05) is 38.0 Å². The molecule has 0 bridgehead atoms. The first-order chi connectivity index (χ1) is 13.8. The molecule has 0 radical (unpaired) electrons. The number of piperidine rings is 1. The second kappa shape index (κ2) is 9.47. The Kier molecular flexibility index (Phi) is 6.99. The zero-order valence-electron chi connectivity index (χ0n) is 16.9. The van der Waals surface area contributed by atoms with E-state index in [9.17, 15) is 9.18 Å². The molecule has 2 atom stereocenters. The quantitative estimate of drug-likeness (QED) is 0.452. The van der Waals surface area contributed by atoms with Crippen LogP contribution in [0.1, 0.15) is 19.8 Å². The van der Waals surface area contributed by atoms with Gasteiger partial charge in [-0.2, -0.15) is 0 Å². The van der Waals surface area contributed by atoms with Crippen molar-refractivity contribution in [2.24, 2.45) is 33.3 Å². The van der Waals surface area contributed by atoms with Crippen LogP contribution in [-0.2, 0) is 9.53 Å². The van der Waals surface area contributed by atoms with Crippen molar-refractivity contribution in [3.63, 3.8) is 0 Å². The van der Waals surface area contributed by atoms with E-state index in [2.05, 4.69) is 25.5 Å². The van der Waals surface area contributed by atoms with Crippen LogP contribution in [0.4, 0.5) is 4.39 Å². The number of allylic oxidation sites excluding steroid dienone is 1. The first-order valence-electron chi connectivity index (χ1n) is 9.93. The summed E-state index contributed by atoms with van der Waals surface area (Å²) in [5, 5.41) is 5.53. The smallest absolute Gasteiger partial charge is 0.238 e. The summed E-state index contributed by atoms with van der Waals surface area (Å²) in [5.41, 5.74) is 12.0. The summed E-state index contributed by atoms with van der Waals surface area (Å²) in [5.74, 6) is -1.45. The molecule has 9 nitrogen and oxygen atoms in total. The molecule has 0 aromatic heterocycles. The maximum absolute atomic E-state index is 14.5. The van der Waals surface area contributed by atoms with Crippen molar-refractivity contribution in [2.45, 2.75) is 32.0 Å². The highest BCUT2D eigenvalue weighted by Crippen LogP contribution is 2.25. The molecule has 10 heteroatoms. The van der Waals surface area contributed by atoms with Crippen molar-refractivity contribution in [2.75, 3.05) is 33.2 Å². The first-order valence-corrected chi connectivity index (χ1v) is 9.93. The normalized spacial score (nSPS) is 24.7. The van der Waals surface area contributed by atoms with Crippen molar-refractivity contribution in [1.29, 1.82) is 0 Å². The third-order valence-corrected chi connectivity index (χ3v) is 5.17. The Morgan fingerprint density at radius 1 is 1.41 bits per heavy atom. The third kappa shape index (κ3) is 5.40. The average Bonchev–Trinajstić information content (AvgIpc) is 2.67. The van der Waals surface area contributed by atoms with Crippen LogP contribution >= 0.6 is 0 Å². The largest absolute Gasteiger partial charge is 0.485 e. The van der Waals surface area contributed by atoms with E-state index in [4.69, 9.17) is 16.2 Å². The topological polar surface area (TPSA) is 130 Å². The number of nitrogens with one attached hydrogen (secondary N) is 2. The molecule has 0 aromatic carbocycles. The van der Waals surface area contributed by atoms with Crippen LogP contribution in [0.3, 0.4) is 0 Å². The Hall–Kier alpha value is -2.30. The molecule has 3 heterocycles. The number of hydrogen-bond acceptors (Lipinski definition) is 8. The number of carbonyl (C=O) groups is 1. The van der Waals surface area contributed by atoms with Gasteiger partial charge in [-0.05, 0) is 19.9 Å². The predicted octanol–water partition coefficient (Wildman–Crippen LogP) is -0.182. The fourth-order valence-electron chi connectivity index (χ4n) is 3.43. The Morgan fingerprint density at radius 3 is 2.76 bits per heavy atom. The molecule has 0 aromatic rings. The standard InChI is InChI=1S/C19H30FN7O2/c1-11-7-24-18(25-8-11)15(17(21)22)19(28)26-14-10-23-9-13(20)16(14)29-12-3-5-27(2)6-4-12/h7,9,11-12,15,17,23H,3-6,8,10,21-22H2,1-2H3,(H,26,28). The van der Waals surface area contributed by atoms with Gasteiger partial charge in [0.25, 0.3) is 0 Å². The maximum Gasteiger partial charge on any atom is 0.238 e. The zero-order valence-corrected chi connectivity index (χ0v) is 16.9. The second-order valence-corrected chi connectivity index (χ2v) is 7.80. The van der Waals surface area contributed by atoms with E-state index in [1.165, 1.54) is 6.20 Å². The van der Waals surface area contributed by atoms with Crippen LogP contribution in [0.2, 0.25) is 0 Å². The summed E-state index contributed by atoms with van der Waals surface area (Å²) in [6, 6.07) is 0. The molecule has 160 valence electrons. The maximum atomic E-state index is 14.5. The minimum atomic E-state index is -0.991. The Morgan fingerprint density at radius 2 is 2.14 bits per heavy atom. The van der Waals surface area contributed by atoms with Gasteiger partial charge in [0.2, 0.25) is 5.91 Å². The van der Waals surface area contributed by atoms with Crippen molar-refractivity contribution < 1.29 is 13.9 Å². The summed E-state index contributed by atoms with van der Waals surface area (Å²) < 4.78 is 20.4. The number of nitrogens with zero attached hydrogens (tertiary/aromatic N) is 3. The number of amides is 1. The molecule has 6 N–H and O–H groups in total. The molecule has 3 aliphatic rings. The Labute approximate surface area is 170 Å². The highest BCUT2D eigenvalue weighted by atomic mass is 19.1. The van der Waals surface area contributed by atoms with E-state index in [1.54, 1.807) is 6.21 Å². The lowest BCUT2D eigenvalue weighted by Gasteiger charge is -2.31. The summed E-state index contributed by atoms with van der Waals surface area (Å²) in [7, 11) is 2.04. The summed E-state index contributed by atoms with van der Waals surface area (Å²) >= 11 is 0. The first kappa shape index (κ1) is 21.4. The van der Waals surface area contributed by atoms with Crippen LogP contribution < -0.4 is 22.1 Å². The molecule has 1 saturated heterocycles. The van der Waals surface area contributed by atoms with Crippen LogP contribution in [0.25, 0.3) is 0 Å². The molecule has 0 saturated carbocycles. The van der Waals surface area contributed by atoms with Gasteiger partial charge in [-0.25, -0.2) is 9.38 Å². The van der Waals surface area contributed by atoms with Gasteiger partial charge in [0.05, 0.1) is 18.4 Å². The molecule has 3 rings (SSSR count). The average molecular weight is 407 g/mol. The highest BCUT2D eigenvalue weighted by molar-refractivity contribution is 6.07. The van der Waals surface area contributed by atoms with Gasteiger partial charge >= 0.3 is 0 Å². The van der Waals surface area contributed by atoms with Crippen molar-refractivity contribution in [3.05, 3.63) is 23.5 Å². The van der Waals surface area contributed by atoms with Gasteiger partial charge in [-0.15, -0.1) is 0 Å². The molecule has 29 heavy (non-hydrogen) atoms.